The Morgan fingerprint density at radius 2 is 1.52 bits per heavy atom. The Hall–Kier alpha value is -3.53. The van der Waals surface area contributed by atoms with Gasteiger partial charge < -0.3 is 25.4 Å². The van der Waals surface area contributed by atoms with Crippen LogP contribution in [0, 0.1) is 0 Å². The monoisotopic (exact) mass is 473 g/mol. The number of methoxy groups -OCH3 is 1. The Kier molecular flexibility index (Phi) is 11.3. The van der Waals surface area contributed by atoms with Crippen LogP contribution in [-0.4, -0.2) is 55.9 Å². The maximum absolute atomic E-state index is 12.6. The zero-order valence-corrected chi connectivity index (χ0v) is 19.1. The van der Waals surface area contributed by atoms with E-state index >= 15 is 0 Å². The molecule has 0 bridgehead atoms. The summed E-state index contributed by atoms with van der Waals surface area (Å²) in [5, 5.41) is 7.35. The van der Waals surface area contributed by atoms with E-state index < -0.39 is 29.9 Å². The summed E-state index contributed by atoms with van der Waals surface area (Å²) < 4.78 is 9.64. The van der Waals surface area contributed by atoms with Gasteiger partial charge in [0.15, 0.2) is 0 Å². The Bertz CT molecular complexity index is 911. The number of carbonyl (C=O) groups excluding carboxylic acids is 4. The van der Waals surface area contributed by atoms with Gasteiger partial charge in [-0.3, -0.25) is 14.4 Å². The Labute approximate surface area is 196 Å². The summed E-state index contributed by atoms with van der Waals surface area (Å²) in [5.41, 5.74) is 1.89. The minimum absolute atomic E-state index is 0.0636. The van der Waals surface area contributed by atoms with E-state index in [-0.39, 0.29) is 25.4 Å². The lowest BCUT2D eigenvalue weighted by Gasteiger charge is -2.18. The third kappa shape index (κ3) is 10.6. The van der Waals surface area contributed by atoms with Gasteiger partial charge in [0.1, 0.15) is 19.2 Å². The smallest absolute Gasteiger partial charge is 0.408 e. The topological polar surface area (TPSA) is 123 Å². The predicted molar refractivity (Wildman–Crippen MR) is 124 cm³/mol. The molecule has 0 saturated heterocycles. The number of esters is 1. The molecule has 10 heteroatoms. The summed E-state index contributed by atoms with van der Waals surface area (Å²) in [4.78, 5) is 47.8. The van der Waals surface area contributed by atoms with Crippen LogP contribution in [0.2, 0.25) is 0 Å². The second-order valence-corrected chi connectivity index (χ2v) is 7.86. The highest BCUT2D eigenvalue weighted by atomic mass is 32.2. The molecule has 3 N–H and O–H groups in total. The van der Waals surface area contributed by atoms with E-state index in [1.165, 1.54) is 18.9 Å². The van der Waals surface area contributed by atoms with Crippen molar-refractivity contribution in [2.24, 2.45) is 0 Å². The molecule has 2 aromatic carbocycles. The Morgan fingerprint density at radius 1 is 0.879 bits per heavy atom. The fourth-order valence-electron chi connectivity index (χ4n) is 2.55. The number of rotatable bonds is 12. The number of carbonyl (C=O) groups is 4. The van der Waals surface area contributed by atoms with E-state index in [1.807, 2.05) is 60.7 Å². The van der Waals surface area contributed by atoms with Crippen molar-refractivity contribution in [1.82, 2.24) is 16.0 Å². The zero-order valence-electron chi connectivity index (χ0n) is 18.2. The van der Waals surface area contributed by atoms with Crippen molar-refractivity contribution in [2.75, 3.05) is 26.0 Å². The van der Waals surface area contributed by atoms with Crippen LogP contribution in [0.1, 0.15) is 11.1 Å². The fraction of sp³-hybridized carbons (Fsp3) is 0.304. The number of alkyl carbamates (subject to hydrolysis) is 1. The summed E-state index contributed by atoms with van der Waals surface area (Å²) in [6, 6.07) is 17.9. The van der Waals surface area contributed by atoms with Gasteiger partial charge in [-0.2, -0.15) is 11.8 Å². The van der Waals surface area contributed by atoms with Crippen LogP contribution in [0.3, 0.4) is 0 Å². The van der Waals surface area contributed by atoms with Crippen molar-refractivity contribution in [3.8, 4) is 0 Å². The van der Waals surface area contributed by atoms with Crippen molar-refractivity contribution in [2.45, 2.75) is 18.4 Å². The Balaban J connectivity index is 1.87. The summed E-state index contributed by atoms with van der Waals surface area (Å²) in [6.45, 7) is -0.587. The summed E-state index contributed by atoms with van der Waals surface area (Å²) in [7, 11) is 1.20. The molecular formula is C23H27N3O6S. The lowest BCUT2D eigenvalue weighted by molar-refractivity contribution is -0.141. The predicted octanol–water partition coefficient (Wildman–Crippen LogP) is 1.62. The quantitative estimate of drug-likeness (QED) is 0.400. The summed E-state index contributed by atoms with van der Waals surface area (Å²) in [5.74, 6) is -0.792. The van der Waals surface area contributed by atoms with Gasteiger partial charge in [0, 0.05) is 11.5 Å². The van der Waals surface area contributed by atoms with E-state index in [4.69, 9.17) is 4.74 Å². The third-order valence-electron chi connectivity index (χ3n) is 4.30. The number of nitrogens with one attached hydrogen (secondary N) is 3. The molecule has 1 atom stereocenters. The van der Waals surface area contributed by atoms with Crippen LogP contribution in [0.15, 0.2) is 60.7 Å². The molecule has 2 rings (SSSR count). The minimum atomic E-state index is -0.921. The highest BCUT2D eigenvalue weighted by molar-refractivity contribution is 7.98. The van der Waals surface area contributed by atoms with E-state index in [2.05, 4.69) is 20.7 Å². The maximum Gasteiger partial charge on any atom is 0.408 e. The number of benzene rings is 2. The molecule has 0 radical (unpaired) electrons. The number of ether oxygens (including phenoxy) is 2. The van der Waals surface area contributed by atoms with Crippen LogP contribution in [0.4, 0.5) is 4.79 Å². The zero-order chi connectivity index (χ0) is 23.9. The number of hydrogen-bond acceptors (Lipinski definition) is 7. The maximum atomic E-state index is 12.6. The number of amides is 3. The third-order valence-corrected chi connectivity index (χ3v) is 5.40. The second kappa shape index (κ2) is 14.5. The van der Waals surface area contributed by atoms with Crippen LogP contribution >= 0.6 is 11.8 Å². The first kappa shape index (κ1) is 25.7. The molecule has 176 valence electrons. The highest BCUT2D eigenvalue weighted by Gasteiger charge is 2.22. The highest BCUT2D eigenvalue weighted by Crippen LogP contribution is 2.13. The van der Waals surface area contributed by atoms with E-state index in [0.717, 1.165) is 11.1 Å². The SMILES string of the molecule is COC(=O)CNC(=O)CNC(=O)[C@@H](CSCc1ccccc1)NC(=O)OCc1ccccc1. The van der Waals surface area contributed by atoms with Crippen molar-refractivity contribution in [3.63, 3.8) is 0 Å². The first-order valence-electron chi connectivity index (χ1n) is 10.2. The van der Waals surface area contributed by atoms with Gasteiger partial charge >= 0.3 is 12.1 Å². The lowest BCUT2D eigenvalue weighted by atomic mass is 10.2. The van der Waals surface area contributed by atoms with E-state index in [1.54, 1.807) is 0 Å². The summed E-state index contributed by atoms with van der Waals surface area (Å²) >= 11 is 1.46. The molecule has 3 amide bonds. The van der Waals surface area contributed by atoms with Crippen molar-refractivity contribution >= 4 is 35.6 Å². The van der Waals surface area contributed by atoms with Crippen LogP contribution < -0.4 is 16.0 Å². The molecule has 33 heavy (non-hydrogen) atoms. The molecule has 0 heterocycles. The summed E-state index contributed by atoms with van der Waals surface area (Å²) in [6.07, 6.45) is -0.741. The van der Waals surface area contributed by atoms with Gasteiger partial charge in [-0.15, -0.1) is 0 Å². The average molecular weight is 474 g/mol. The van der Waals surface area contributed by atoms with Gasteiger partial charge in [-0.1, -0.05) is 60.7 Å². The molecule has 2 aromatic rings. The van der Waals surface area contributed by atoms with Gasteiger partial charge in [0.25, 0.3) is 0 Å². The van der Waals surface area contributed by atoms with Crippen molar-refractivity contribution < 1.29 is 28.7 Å². The minimum Gasteiger partial charge on any atom is -0.468 e. The van der Waals surface area contributed by atoms with Crippen molar-refractivity contribution in [3.05, 3.63) is 71.8 Å². The normalized spacial score (nSPS) is 11.1. The van der Waals surface area contributed by atoms with Gasteiger partial charge in [-0.05, 0) is 11.1 Å². The fourth-order valence-corrected chi connectivity index (χ4v) is 3.57. The van der Waals surface area contributed by atoms with Gasteiger partial charge in [0.05, 0.1) is 13.7 Å². The van der Waals surface area contributed by atoms with E-state index in [9.17, 15) is 19.2 Å². The first-order chi connectivity index (χ1) is 16.0. The van der Waals surface area contributed by atoms with E-state index in [0.29, 0.717) is 5.75 Å². The molecule has 9 nitrogen and oxygen atoms in total. The molecule has 0 aliphatic heterocycles. The average Bonchev–Trinajstić information content (AvgIpc) is 2.85. The molecule has 0 aliphatic carbocycles. The molecule has 0 spiro atoms. The van der Waals surface area contributed by atoms with Crippen LogP contribution in [0.5, 0.6) is 0 Å². The van der Waals surface area contributed by atoms with Gasteiger partial charge in [-0.25, -0.2) is 4.79 Å². The van der Waals surface area contributed by atoms with Gasteiger partial charge in [0.2, 0.25) is 11.8 Å². The number of hydrogen-bond donors (Lipinski definition) is 3. The van der Waals surface area contributed by atoms with Crippen LogP contribution in [-0.2, 0) is 36.2 Å². The lowest BCUT2D eigenvalue weighted by Crippen LogP contribution is -2.50. The molecule has 0 aliphatic rings. The van der Waals surface area contributed by atoms with Crippen molar-refractivity contribution in [1.29, 1.82) is 0 Å². The first-order valence-corrected chi connectivity index (χ1v) is 11.3. The standard InChI is InChI=1S/C23H27N3O6S/c1-31-21(28)13-24-20(27)12-25-22(29)19(16-33-15-18-10-6-3-7-11-18)26-23(30)32-14-17-8-4-2-5-9-17/h2-11,19H,12-16H2,1H3,(H,24,27)(H,25,29)(H,26,30)/t19-/m1/s1. The Morgan fingerprint density at radius 3 is 2.15 bits per heavy atom. The molecule has 0 aromatic heterocycles. The molecule has 0 saturated carbocycles. The number of thioether (sulfide) groups is 1. The largest absolute Gasteiger partial charge is 0.468 e. The molecule has 0 fully saturated rings. The van der Waals surface area contributed by atoms with Crippen LogP contribution in [0.25, 0.3) is 0 Å². The molecule has 0 unspecified atom stereocenters. The molecular weight excluding hydrogens is 446 g/mol. The second-order valence-electron chi connectivity index (χ2n) is 6.83.